The summed E-state index contributed by atoms with van der Waals surface area (Å²) in [5.41, 5.74) is -0.0325. The number of benzene rings is 1. The van der Waals surface area contributed by atoms with Gasteiger partial charge < -0.3 is 4.90 Å². The van der Waals surface area contributed by atoms with Crippen LogP contribution in [0.4, 0.5) is 5.69 Å². The third-order valence-electron chi connectivity index (χ3n) is 3.60. The van der Waals surface area contributed by atoms with Gasteiger partial charge in [0, 0.05) is 44.7 Å². The topological polar surface area (TPSA) is 101 Å². The second kappa shape index (κ2) is 6.41. The Morgan fingerprint density at radius 1 is 1.23 bits per heavy atom. The summed E-state index contributed by atoms with van der Waals surface area (Å²) in [5, 5.41) is 11.0. The zero-order valence-corrected chi connectivity index (χ0v) is 13.0. The molecule has 1 aromatic carbocycles. The van der Waals surface area contributed by atoms with Gasteiger partial charge in [-0.1, -0.05) is 18.2 Å². The Kier molecular flexibility index (Phi) is 4.77. The molecule has 1 heterocycles. The van der Waals surface area contributed by atoms with Crippen LogP contribution in [0.15, 0.2) is 24.3 Å². The van der Waals surface area contributed by atoms with E-state index in [1.54, 1.807) is 11.0 Å². The molecule has 22 heavy (non-hydrogen) atoms. The average molecular weight is 327 g/mol. The van der Waals surface area contributed by atoms with Gasteiger partial charge in [0.2, 0.25) is 15.9 Å². The SMILES string of the molecule is CC(=O)N1CCN(S(=O)(=O)Cc2ccccc2[N+](=O)[O-])CC1. The Hall–Kier alpha value is -2.00. The van der Waals surface area contributed by atoms with E-state index in [4.69, 9.17) is 0 Å². The van der Waals surface area contributed by atoms with Crippen molar-refractivity contribution in [1.29, 1.82) is 0 Å². The number of rotatable bonds is 4. The number of nitrogens with zero attached hydrogens (tertiary/aromatic N) is 3. The highest BCUT2D eigenvalue weighted by Gasteiger charge is 2.29. The molecule has 1 amide bonds. The Labute approximate surface area is 128 Å². The molecule has 0 bridgehead atoms. The predicted molar refractivity (Wildman–Crippen MR) is 79.5 cm³/mol. The van der Waals surface area contributed by atoms with Gasteiger partial charge in [0.25, 0.3) is 5.69 Å². The Morgan fingerprint density at radius 2 is 1.82 bits per heavy atom. The molecule has 0 unspecified atom stereocenters. The Bertz CT molecular complexity index is 681. The van der Waals surface area contributed by atoms with Gasteiger partial charge in [-0.25, -0.2) is 8.42 Å². The van der Waals surface area contributed by atoms with Gasteiger partial charge in [0.1, 0.15) is 0 Å². The van der Waals surface area contributed by atoms with E-state index in [0.717, 1.165) is 0 Å². The quantitative estimate of drug-likeness (QED) is 0.595. The fourth-order valence-electron chi connectivity index (χ4n) is 2.38. The average Bonchev–Trinajstić information content (AvgIpc) is 2.47. The zero-order chi connectivity index (χ0) is 16.3. The summed E-state index contributed by atoms with van der Waals surface area (Å²) in [4.78, 5) is 23.2. The molecule has 0 spiro atoms. The monoisotopic (exact) mass is 327 g/mol. The summed E-state index contributed by atoms with van der Waals surface area (Å²) in [6.07, 6.45) is 0. The normalized spacial score (nSPS) is 16.5. The van der Waals surface area contributed by atoms with Crippen LogP contribution in [0.25, 0.3) is 0 Å². The number of hydrogen-bond acceptors (Lipinski definition) is 5. The first-order chi connectivity index (χ1) is 10.3. The molecule has 120 valence electrons. The van der Waals surface area contributed by atoms with Crippen LogP contribution in [0.3, 0.4) is 0 Å². The maximum absolute atomic E-state index is 12.4. The van der Waals surface area contributed by atoms with Crippen molar-refractivity contribution in [3.05, 3.63) is 39.9 Å². The second-order valence-electron chi connectivity index (χ2n) is 5.05. The molecule has 8 nitrogen and oxygen atoms in total. The van der Waals surface area contributed by atoms with Crippen molar-refractivity contribution in [1.82, 2.24) is 9.21 Å². The first kappa shape index (κ1) is 16.4. The van der Waals surface area contributed by atoms with Crippen molar-refractivity contribution >= 4 is 21.6 Å². The number of para-hydroxylation sites is 1. The molecule has 1 aromatic rings. The second-order valence-corrected chi connectivity index (χ2v) is 7.02. The molecule has 1 fully saturated rings. The van der Waals surface area contributed by atoms with E-state index in [1.807, 2.05) is 0 Å². The standard InChI is InChI=1S/C13H17N3O5S/c1-11(17)14-6-8-15(9-7-14)22(20,21)10-12-4-2-3-5-13(12)16(18)19/h2-5H,6-10H2,1H3. The number of hydrogen-bond donors (Lipinski definition) is 0. The van der Waals surface area contributed by atoms with Crippen LogP contribution in [0.1, 0.15) is 12.5 Å². The number of piperazine rings is 1. The first-order valence-electron chi connectivity index (χ1n) is 6.77. The van der Waals surface area contributed by atoms with Gasteiger partial charge >= 0.3 is 0 Å². The maximum atomic E-state index is 12.4. The van der Waals surface area contributed by atoms with Gasteiger partial charge in [0.15, 0.2) is 0 Å². The summed E-state index contributed by atoms with van der Waals surface area (Å²) in [5.74, 6) is -0.500. The van der Waals surface area contributed by atoms with Gasteiger partial charge in [0.05, 0.1) is 10.7 Å². The minimum Gasteiger partial charge on any atom is -0.340 e. The Morgan fingerprint density at radius 3 is 2.36 bits per heavy atom. The Balaban J connectivity index is 2.13. The molecule has 1 aliphatic heterocycles. The third-order valence-corrected chi connectivity index (χ3v) is 5.43. The van der Waals surface area contributed by atoms with E-state index in [2.05, 4.69) is 0 Å². The number of sulfonamides is 1. The van der Waals surface area contributed by atoms with Crippen molar-refractivity contribution in [3.8, 4) is 0 Å². The van der Waals surface area contributed by atoms with Gasteiger partial charge in [-0.15, -0.1) is 0 Å². The number of carbonyl (C=O) groups is 1. The van der Waals surface area contributed by atoms with Crippen LogP contribution in [0, 0.1) is 10.1 Å². The van der Waals surface area contributed by atoms with Crippen molar-refractivity contribution in [2.24, 2.45) is 0 Å². The smallest absolute Gasteiger partial charge is 0.273 e. The molecule has 1 saturated heterocycles. The number of amides is 1. The molecule has 2 rings (SSSR count). The van der Waals surface area contributed by atoms with E-state index in [0.29, 0.717) is 13.1 Å². The molecular formula is C13H17N3O5S. The summed E-state index contributed by atoms with van der Waals surface area (Å²) in [7, 11) is -3.65. The highest BCUT2D eigenvalue weighted by atomic mass is 32.2. The van der Waals surface area contributed by atoms with Gasteiger partial charge in [-0.05, 0) is 0 Å². The van der Waals surface area contributed by atoms with Crippen LogP contribution >= 0.6 is 0 Å². The summed E-state index contributed by atoms with van der Waals surface area (Å²) < 4.78 is 26.1. The van der Waals surface area contributed by atoms with Crippen molar-refractivity contribution in [2.75, 3.05) is 26.2 Å². The van der Waals surface area contributed by atoms with Crippen LogP contribution in [0.2, 0.25) is 0 Å². The molecule has 1 aliphatic rings. The third kappa shape index (κ3) is 3.60. The molecule has 0 radical (unpaired) electrons. The molecule has 0 aliphatic carbocycles. The molecular weight excluding hydrogens is 310 g/mol. The minimum atomic E-state index is -3.65. The van der Waals surface area contributed by atoms with Crippen molar-refractivity contribution in [3.63, 3.8) is 0 Å². The van der Waals surface area contributed by atoms with Gasteiger partial charge in [-0.3, -0.25) is 14.9 Å². The fourth-order valence-corrected chi connectivity index (χ4v) is 3.92. The highest BCUT2D eigenvalue weighted by Crippen LogP contribution is 2.22. The lowest BCUT2D eigenvalue weighted by Gasteiger charge is -2.33. The number of carbonyl (C=O) groups excluding carboxylic acids is 1. The zero-order valence-electron chi connectivity index (χ0n) is 12.1. The minimum absolute atomic E-state index is 0.0873. The van der Waals surface area contributed by atoms with Crippen molar-refractivity contribution in [2.45, 2.75) is 12.7 Å². The highest BCUT2D eigenvalue weighted by molar-refractivity contribution is 7.88. The van der Waals surface area contributed by atoms with Crippen LogP contribution < -0.4 is 0 Å². The summed E-state index contributed by atoms with van der Waals surface area (Å²) in [6.45, 7) is 2.54. The van der Waals surface area contributed by atoms with E-state index in [9.17, 15) is 23.3 Å². The largest absolute Gasteiger partial charge is 0.340 e. The molecule has 9 heteroatoms. The molecule has 0 saturated carbocycles. The van der Waals surface area contributed by atoms with Crippen LogP contribution in [0.5, 0.6) is 0 Å². The van der Waals surface area contributed by atoms with Gasteiger partial charge in [-0.2, -0.15) is 4.31 Å². The predicted octanol–water partition coefficient (Wildman–Crippen LogP) is 0.589. The maximum Gasteiger partial charge on any atom is 0.273 e. The number of nitro groups is 1. The fraction of sp³-hybridized carbons (Fsp3) is 0.462. The lowest BCUT2D eigenvalue weighted by Crippen LogP contribution is -2.50. The first-order valence-corrected chi connectivity index (χ1v) is 8.38. The van der Waals surface area contributed by atoms with E-state index < -0.39 is 20.7 Å². The lowest BCUT2D eigenvalue weighted by molar-refractivity contribution is -0.385. The molecule has 0 atom stereocenters. The van der Waals surface area contributed by atoms with E-state index in [-0.39, 0.29) is 30.2 Å². The molecule has 0 N–H and O–H groups in total. The van der Waals surface area contributed by atoms with Crippen molar-refractivity contribution < 1.29 is 18.1 Å². The molecule has 0 aromatic heterocycles. The summed E-state index contributed by atoms with van der Waals surface area (Å²) >= 11 is 0. The summed E-state index contributed by atoms with van der Waals surface area (Å²) in [6, 6.07) is 5.81. The lowest BCUT2D eigenvalue weighted by atomic mass is 10.2. The van der Waals surface area contributed by atoms with E-state index in [1.165, 1.54) is 29.4 Å². The van der Waals surface area contributed by atoms with Crippen LogP contribution in [-0.2, 0) is 20.6 Å². The van der Waals surface area contributed by atoms with Crippen LogP contribution in [-0.4, -0.2) is 54.6 Å². The van der Waals surface area contributed by atoms with E-state index >= 15 is 0 Å². The number of nitro benzene ring substituents is 1.